The lowest BCUT2D eigenvalue weighted by Gasteiger charge is -2.40. The molecule has 2 aromatic heterocycles. The molecule has 198 valence electrons. The first-order chi connectivity index (χ1) is 17.6. The average molecular weight is 515 g/mol. The van der Waals surface area contributed by atoms with E-state index in [9.17, 15) is 13.6 Å². The number of nitrogens with one attached hydrogen (secondary N) is 2. The number of amides is 1. The molecule has 1 fully saturated rings. The van der Waals surface area contributed by atoms with Gasteiger partial charge in [0.25, 0.3) is 0 Å². The number of hydrogen-bond acceptors (Lipinski definition) is 6. The number of hydrogen-bond donors (Lipinski definition) is 2. The second kappa shape index (κ2) is 9.86. The largest absolute Gasteiger partial charge is 0.444 e. The number of benzene rings is 1. The Balaban J connectivity index is 1.36. The molecule has 0 spiro atoms. The normalized spacial score (nSPS) is 22.2. The molecule has 37 heavy (non-hydrogen) atoms. The Morgan fingerprint density at radius 2 is 2.08 bits per heavy atom. The van der Waals surface area contributed by atoms with E-state index < -0.39 is 35.5 Å². The van der Waals surface area contributed by atoms with Gasteiger partial charge in [0.1, 0.15) is 29.0 Å². The first-order valence-electron chi connectivity index (χ1n) is 12.5. The molecule has 1 saturated heterocycles. The van der Waals surface area contributed by atoms with Crippen molar-refractivity contribution in [3.05, 3.63) is 59.0 Å². The summed E-state index contributed by atoms with van der Waals surface area (Å²) in [5.41, 5.74) is 2.35. The number of halogens is 2. The maximum Gasteiger partial charge on any atom is 0.407 e. The van der Waals surface area contributed by atoms with E-state index in [1.54, 1.807) is 27.0 Å². The average Bonchev–Trinajstić information content (AvgIpc) is 3.55. The van der Waals surface area contributed by atoms with Crippen molar-refractivity contribution in [2.24, 2.45) is 0 Å². The van der Waals surface area contributed by atoms with E-state index in [0.29, 0.717) is 26.1 Å². The monoisotopic (exact) mass is 514 g/mol. The molecule has 3 atom stereocenters. The van der Waals surface area contributed by atoms with Crippen LogP contribution in [0.5, 0.6) is 0 Å². The number of aromatic amines is 1. The zero-order chi connectivity index (χ0) is 26.3. The third-order valence-electron chi connectivity index (χ3n) is 6.76. The standard InChI is InChI=1S/C26H32F2N6O3/c1-5-34-22-13-33(12-21(22)30-24(34)19-8-9-29-32-19)16-11-20(31-25(35)37-26(2,3)4)23(36-14-16)17-10-15(27)6-7-18(17)28/h6-10,16,20,23H,5,11-14H2,1-4H3,(H,29,32)(H,31,35)/t16-,20+,23-/m1/s1. The third kappa shape index (κ3) is 5.24. The van der Waals surface area contributed by atoms with Gasteiger partial charge >= 0.3 is 6.09 Å². The molecule has 2 aliphatic heterocycles. The summed E-state index contributed by atoms with van der Waals surface area (Å²) in [5, 5.41) is 9.88. The SMILES string of the molecule is CCn1c(-c2ccn[nH]2)nc2c1CN([C@H]1CO[C@H](c3cc(F)ccc3F)[C@@H](NC(=O)OC(C)(C)C)C1)C2. The van der Waals surface area contributed by atoms with Crippen LogP contribution in [0, 0.1) is 11.6 Å². The molecule has 0 saturated carbocycles. The van der Waals surface area contributed by atoms with Crippen molar-refractivity contribution in [3.63, 3.8) is 0 Å². The zero-order valence-electron chi connectivity index (χ0n) is 21.4. The van der Waals surface area contributed by atoms with Gasteiger partial charge < -0.3 is 19.4 Å². The third-order valence-corrected chi connectivity index (χ3v) is 6.76. The van der Waals surface area contributed by atoms with Crippen LogP contribution in [0.15, 0.2) is 30.5 Å². The minimum absolute atomic E-state index is 0.0667. The number of rotatable bonds is 5. The van der Waals surface area contributed by atoms with Crippen LogP contribution in [0.25, 0.3) is 11.5 Å². The van der Waals surface area contributed by atoms with Gasteiger partial charge in [-0.2, -0.15) is 5.10 Å². The Morgan fingerprint density at radius 1 is 1.27 bits per heavy atom. The number of carbonyl (C=O) groups excluding carboxylic acids is 1. The van der Waals surface area contributed by atoms with Crippen molar-refractivity contribution in [2.75, 3.05) is 6.61 Å². The summed E-state index contributed by atoms with van der Waals surface area (Å²) in [6.45, 7) is 9.73. The number of H-pyrrole nitrogens is 1. The fourth-order valence-electron chi connectivity index (χ4n) is 5.17. The first-order valence-corrected chi connectivity index (χ1v) is 12.5. The van der Waals surface area contributed by atoms with Gasteiger partial charge in [-0.1, -0.05) is 0 Å². The molecular formula is C26H32F2N6O3. The molecule has 1 aromatic carbocycles. The van der Waals surface area contributed by atoms with E-state index >= 15 is 0 Å². The Hall–Kier alpha value is -3.31. The maximum absolute atomic E-state index is 14.7. The predicted octanol–water partition coefficient (Wildman–Crippen LogP) is 4.31. The molecule has 0 bridgehead atoms. The molecular weight excluding hydrogens is 482 g/mol. The summed E-state index contributed by atoms with van der Waals surface area (Å²) in [5.74, 6) is -0.290. The molecule has 11 heteroatoms. The van der Waals surface area contributed by atoms with Crippen molar-refractivity contribution in [2.45, 2.75) is 77.5 Å². The Labute approximate surface area is 214 Å². The molecule has 2 aliphatic rings. The van der Waals surface area contributed by atoms with Crippen molar-refractivity contribution in [1.82, 2.24) is 30.0 Å². The van der Waals surface area contributed by atoms with E-state index in [4.69, 9.17) is 14.5 Å². The highest BCUT2D eigenvalue weighted by Crippen LogP contribution is 2.36. The van der Waals surface area contributed by atoms with Gasteiger partial charge in [0, 0.05) is 37.4 Å². The summed E-state index contributed by atoms with van der Waals surface area (Å²) in [7, 11) is 0. The molecule has 3 aromatic rings. The van der Waals surface area contributed by atoms with E-state index in [-0.39, 0.29) is 11.6 Å². The molecule has 0 radical (unpaired) electrons. The minimum atomic E-state index is -0.848. The molecule has 0 aliphatic carbocycles. The van der Waals surface area contributed by atoms with Gasteiger partial charge in [0.15, 0.2) is 5.82 Å². The Bertz CT molecular complexity index is 1270. The fraction of sp³-hybridized carbons (Fsp3) is 0.500. The van der Waals surface area contributed by atoms with Gasteiger partial charge in [-0.25, -0.2) is 18.6 Å². The van der Waals surface area contributed by atoms with Crippen LogP contribution in [-0.4, -0.2) is 55.0 Å². The molecule has 9 nitrogen and oxygen atoms in total. The molecule has 5 rings (SSSR count). The molecule has 0 unspecified atom stereocenters. The topological polar surface area (TPSA) is 97.3 Å². The summed E-state index contributed by atoms with van der Waals surface area (Å²) in [6, 6.07) is 4.48. The fourth-order valence-corrected chi connectivity index (χ4v) is 5.17. The van der Waals surface area contributed by atoms with Gasteiger partial charge in [-0.05, 0) is 58.4 Å². The van der Waals surface area contributed by atoms with Crippen LogP contribution >= 0.6 is 0 Å². The smallest absolute Gasteiger partial charge is 0.407 e. The van der Waals surface area contributed by atoms with Gasteiger partial charge in [0.2, 0.25) is 0 Å². The van der Waals surface area contributed by atoms with E-state index in [1.807, 2.05) is 6.07 Å². The highest BCUT2D eigenvalue weighted by atomic mass is 19.1. The van der Waals surface area contributed by atoms with Gasteiger partial charge in [-0.15, -0.1) is 0 Å². The maximum atomic E-state index is 14.7. The van der Waals surface area contributed by atoms with Crippen LogP contribution in [0.1, 0.15) is 57.2 Å². The van der Waals surface area contributed by atoms with Crippen LogP contribution < -0.4 is 5.32 Å². The quantitative estimate of drug-likeness (QED) is 0.527. The highest BCUT2D eigenvalue weighted by molar-refractivity contribution is 5.68. The van der Waals surface area contributed by atoms with Crippen molar-refractivity contribution in [3.8, 4) is 11.5 Å². The first kappa shape index (κ1) is 25.3. The van der Waals surface area contributed by atoms with Gasteiger partial charge in [-0.3, -0.25) is 10.00 Å². The summed E-state index contributed by atoms with van der Waals surface area (Å²) < 4.78 is 42.4. The minimum Gasteiger partial charge on any atom is -0.444 e. The lowest BCUT2D eigenvalue weighted by molar-refractivity contribution is -0.0630. The number of carbonyl (C=O) groups is 1. The number of fused-ring (bicyclic) bond motifs is 1. The van der Waals surface area contributed by atoms with Crippen molar-refractivity contribution in [1.29, 1.82) is 0 Å². The zero-order valence-corrected chi connectivity index (χ0v) is 21.4. The Morgan fingerprint density at radius 3 is 2.78 bits per heavy atom. The lowest BCUT2D eigenvalue weighted by Crippen LogP contribution is -2.52. The van der Waals surface area contributed by atoms with Crippen LogP contribution in [-0.2, 0) is 29.1 Å². The molecule has 4 heterocycles. The highest BCUT2D eigenvalue weighted by Gasteiger charge is 2.40. The number of alkyl carbamates (subject to hydrolysis) is 1. The number of aromatic nitrogens is 4. The number of ether oxygens (including phenoxy) is 2. The molecule has 2 N–H and O–H groups in total. The second-order valence-corrected chi connectivity index (χ2v) is 10.5. The number of imidazole rings is 1. The molecule has 1 amide bonds. The van der Waals surface area contributed by atoms with E-state index in [0.717, 1.165) is 47.7 Å². The van der Waals surface area contributed by atoms with Crippen molar-refractivity contribution < 1.29 is 23.0 Å². The predicted molar refractivity (Wildman–Crippen MR) is 131 cm³/mol. The van der Waals surface area contributed by atoms with E-state index in [1.165, 1.54) is 0 Å². The summed E-state index contributed by atoms with van der Waals surface area (Å²) >= 11 is 0. The van der Waals surface area contributed by atoms with Crippen LogP contribution in [0.2, 0.25) is 0 Å². The summed E-state index contributed by atoms with van der Waals surface area (Å²) in [4.78, 5) is 19.8. The lowest BCUT2D eigenvalue weighted by atomic mass is 9.92. The second-order valence-electron chi connectivity index (χ2n) is 10.5. The Kier molecular flexibility index (Phi) is 6.76. The van der Waals surface area contributed by atoms with E-state index in [2.05, 4.69) is 31.9 Å². The van der Waals surface area contributed by atoms with Crippen LogP contribution in [0.3, 0.4) is 0 Å². The van der Waals surface area contributed by atoms with Gasteiger partial charge in [0.05, 0.1) is 24.0 Å². The van der Waals surface area contributed by atoms with Crippen LogP contribution in [0.4, 0.5) is 13.6 Å². The number of nitrogens with zero attached hydrogens (tertiary/aromatic N) is 4. The summed E-state index contributed by atoms with van der Waals surface area (Å²) in [6.07, 6.45) is 0.704. The van der Waals surface area contributed by atoms with Crippen molar-refractivity contribution >= 4 is 6.09 Å².